The lowest BCUT2D eigenvalue weighted by Crippen LogP contribution is -2.61. The maximum absolute atomic E-state index is 12.9. The predicted octanol–water partition coefficient (Wildman–Crippen LogP) is 3.09. The Morgan fingerprint density at radius 3 is 2.50 bits per heavy atom. The fraction of sp³-hybridized carbons (Fsp3) is 0.286. The van der Waals surface area contributed by atoms with Gasteiger partial charge in [0.2, 0.25) is 11.8 Å². The van der Waals surface area contributed by atoms with Crippen molar-refractivity contribution >= 4 is 52.5 Å². The molecule has 3 amide bonds. The van der Waals surface area contributed by atoms with Crippen LogP contribution in [0.2, 0.25) is 15.1 Å². The summed E-state index contributed by atoms with van der Waals surface area (Å²) in [7, 11) is 0. The van der Waals surface area contributed by atoms with Crippen molar-refractivity contribution in [1.82, 2.24) is 15.5 Å². The maximum atomic E-state index is 12.9. The van der Waals surface area contributed by atoms with Gasteiger partial charge in [0.25, 0.3) is 5.91 Å². The first-order valence-corrected chi connectivity index (χ1v) is 10.6. The Labute approximate surface area is 188 Å². The zero-order valence-electron chi connectivity index (χ0n) is 15.7. The molecule has 0 aliphatic carbocycles. The number of hydrogen-bond acceptors (Lipinski definition) is 3. The molecular weight excluding hydrogens is 449 g/mol. The summed E-state index contributed by atoms with van der Waals surface area (Å²) >= 11 is 17.8. The molecule has 3 atom stereocenters. The molecule has 9 heteroatoms. The van der Waals surface area contributed by atoms with E-state index in [4.69, 9.17) is 34.8 Å². The molecular formula is C21H18Cl3N3O3. The Hall–Kier alpha value is -2.28. The quantitative estimate of drug-likeness (QED) is 0.727. The number of nitrogens with zero attached hydrogens (tertiary/aromatic N) is 1. The van der Waals surface area contributed by atoms with Crippen LogP contribution >= 0.6 is 34.8 Å². The lowest BCUT2D eigenvalue weighted by atomic mass is 10.0. The van der Waals surface area contributed by atoms with Crippen molar-refractivity contribution < 1.29 is 14.4 Å². The Balaban J connectivity index is 1.42. The van der Waals surface area contributed by atoms with Gasteiger partial charge in [-0.3, -0.25) is 14.4 Å². The van der Waals surface area contributed by atoms with Crippen molar-refractivity contribution in [2.75, 3.05) is 6.54 Å². The average Bonchev–Trinajstić information content (AvgIpc) is 3.14. The summed E-state index contributed by atoms with van der Waals surface area (Å²) in [5, 5.41) is 6.95. The summed E-state index contributed by atoms with van der Waals surface area (Å²) in [6, 6.07) is 10.2. The van der Waals surface area contributed by atoms with E-state index in [0.29, 0.717) is 28.5 Å². The fourth-order valence-corrected chi connectivity index (χ4v) is 4.29. The van der Waals surface area contributed by atoms with Crippen molar-refractivity contribution in [3.63, 3.8) is 0 Å². The van der Waals surface area contributed by atoms with E-state index in [-0.39, 0.29) is 35.3 Å². The third kappa shape index (κ3) is 4.26. The molecule has 2 saturated heterocycles. The standard InChI is InChI=1S/C21H18Cl3N3O3/c22-13-4-1-11(2-5-13)7-17-21(30)27-10-14(9-18(27)20(29)26-17)25-19(28)12-3-6-15(23)16(24)8-12/h1-6,8,14,17-18H,7,9-10H2,(H,25,28)(H,26,29)/t14-,17-,18-/m0/s1. The molecule has 0 bridgehead atoms. The molecule has 2 heterocycles. The Morgan fingerprint density at radius 1 is 1.07 bits per heavy atom. The Kier molecular flexibility index (Phi) is 5.91. The number of rotatable bonds is 4. The maximum Gasteiger partial charge on any atom is 0.251 e. The van der Waals surface area contributed by atoms with Gasteiger partial charge >= 0.3 is 0 Å². The number of hydrogen-bond donors (Lipinski definition) is 2. The molecule has 0 saturated carbocycles. The predicted molar refractivity (Wildman–Crippen MR) is 115 cm³/mol. The third-order valence-corrected chi connectivity index (χ3v) is 6.36. The largest absolute Gasteiger partial charge is 0.347 e. The van der Waals surface area contributed by atoms with Gasteiger partial charge in [-0.15, -0.1) is 0 Å². The van der Waals surface area contributed by atoms with Gasteiger partial charge < -0.3 is 15.5 Å². The van der Waals surface area contributed by atoms with Crippen LogP contribution in [0.4, 0.5) is 0 Å². The molecule has 2 aliphatic rings. The van der Waals surface area contributed by atoms with E-state index >= 15 is 0 Å². The topological polar surface area (TPSA) is 78.5 Å². The number of halogens is 3. The minimum absolute atomic E-state index is 0.152. The minimum atomic E-state index is -0.639. The normalized spacial score (nSPS) is 23.2. The highest BCUT2D eigenvalue weighted by Crippen LogP contribution is 2.26. The second kappa shape index (κ2) is 8.46. The van der Waals surface area contributed by atoms with E-state index < -0.39 is 12.1 Å². The van der Waals surface area contributed by atoms with Gasteiger partial charge in [0, 0.05) is 29.6 Å². The summed E-state index contributed by atoms with van der Waals surface area (Å²) in [6.07, 6.45) is 0.740. The molecule has 4 rings (SSSR count). The Bertz CT molecular complexity index is 1010. The SMILES string of the molecule is O=C(N[C@H]1C[C@H]2C(=O)N[C@@H](Cc3ccc(Cl)cc3)C(=O)N2C1)c1ccc(Cl)c(Cl)c1. The van der Waals surface area contributed by atoms with Crippen LogP contribution in [-0.2, 0) is 16.0 Å². The van der Waals surface area contributed by atoms with Gasteiger partial charge in [-0.05, 0) is 42.3 Å². The van der Waals surface area contributed by atoms with Crippen LogP contribution in [0.15, 0.2) is 42.5 Å². The van der Waals surface area contributed by atoms with E-state index in [1.54, 1.807) is 29.2 Å². The number of fused-ring (bicyclic) bond motifs is 1. The van der Waals surface area contributed by atoms with Gasteiger partial charge in [-0.2, -0.15) is 0 Å². The van der Waals surface area contributed by atoms with E-state index in [0.717, 1.165) is 5.56 Å². The van der Waals surface area contributed by atoms with Gasteiger partial charge in [-0.25, -0.2) is 0 Å². The molecule has 2 aromatic rings. The minimum Gasteiger partial charge on any atom is -0.347 e. The summed E-state index contributed by atoms with van der Waals surface area (Å²) in [4.78, 5) is 39.6. The summed E-state index contributed by atoms with van der Waals surface area (Å²) < 4.78 is 0. The molecule has 2 N–H and O–H groups in total. The first kappa shape index (κ1) is 21.0. The van der Waals surface area contributed by atoms with Crippen molar-refractivity contribution in [3.05, 3.63) is 68.7 Å². The van der Waals surface area contributed by atoms with Crippen LogP contribution in [-0.4, -0.2) is 47.3 Å². The smallest absolute Gasteiger partial charge is 0.251 e. The highest BCUT2D eigenvalue weighted by molar-refractivity contribution is 6.42. The molecule has 156 valence electrons. The molecule has 0 spiro atoms. The number of amides is 3. The van der Waals surface area contributed by atoms with Crippen LogP contribution in [0.25, 0.3) is 0 Å². The fourth-order valence-electron chi connectivity index (χ4n) is 3.86. The molecule has 0 aromatic heterocycles. The first-order chi connectivity index (χ1) is 14.3. The lowest BCUT2D eigenvalue weighted by Gasteiger charge is -2.34. The highest BCUT2D eigenvalue weighted by Gasteiger charge is 2.46. The number of benzene rings is 2. The van der Waals surface area contributed by atoms with Crippen molar-refractivity contribution in [1.29, 1.82) is 0 Å². The number of piperazine rings is 1. The van der Waals surface area contributed by atoms with Crippen LogP contribution < -0.4 is 10.6 Å². The van der Waals surface area contributed by atoms with Crippen molar-refractivity contribution in [3.8, 4) is 0 Å². The molecule has 0 unspecified atom stereocenters. The molecule has 6 nitrogen and oxygen atoms in total. The molecule has 2 fully saturated rings. The van der Waals surface area contributed by atoms with Crippen LogP contribution in [0.1, 0.15) is 22.3 Å². The average molecular weight is 467 g/mol. The van der Waals surface area contributed by atoms with E-state index in [1.165, 1.54) is 6.07 Å². The zero-order valence-corrected chi connectivity index (χ0v) is 18.0. The second-order valence-corrected chi connectivity index (χ2v) is 8.68. The number of carbonyl (C=O) groups excluding carboxylic acids is 3. The van der Waals surface area contributed by atoms with Crippen molar-refractivity contribution in [2.24, 2.45) is 0 Å². The van der Waals surface area contributed by atoms with Gasteiger partial charge in [0.05, 0.1) is 10.0 Å². The van der Waals surface area contributed by atoms with Gasteiger partial charge in [0.15, 0.2) is 0 Å². The zero-order chi connectivity index (χ0) is 21.4. The molecule has 0 radical (unpaired) electrons. The highest BCUT2D eigenvalue weighted by atomic mass is 35.5. The van der Waals surface area contributed by atoms with Crippen LogP contribution in [0.3, 0.4) is 0 Å². The third-order valence-electron chi connectivity index (χ3n) is 5.37. The molecule has 30 heavy (non-hydrogen) atoms. The summed E-state index contributed by atoms with van der Waals surface area (Å²) in [6.45, 7) is 0.279. The van der Waals surface area contributed by atoms with Gasteiger partial charge in [-0.1, -0.05) is 46.9 Å². The van der Waals surface area contributed by atoms with E-state index in [1.807, 2.05) is 12.1 Å². The van der Waals surface area contributed by atoms with E-state index in [9.17, 15) is 14.4 Å². The summed E-state index contributed by atoms with van der Waals surface area (Å²) in [5.41, 5.74) is 1.27. The monoisotopic (exact) mass is 465 g/mol. The lowest BCUT2D eigenvalue weighted by molar-refractivity contribution is -0.147. The Morgan fingerprint density at radius 2 is 1.80 bits per heavy atom. The first-order valence-electron chi connectivity index (χ1n) is 9.43. The van der Waals surface area contributed by atoms with Crippen molar-refractivity contribution in [2.45, 2.75) is 31.0 Å². The second-order valence-electron chi connectivity index (χ2n) is 7.43. The van der Waals surface area contributed by atoms with Crippen LogP contribution in [0.5, 0.6) is 0 Å². The number of nitrogens with one attached hydrogen (secondary N) is 2. The van der Waals surface area contributed by atoms with Crippen LogP contribution in [0, 0.1) is 0 Å². The molecule has 2 aromatic carbocycles. The molecule has 2 aliphatic heterocycles. The van der Waals surface area contributed by atoms with Gasteiger partial charge in [0.1, 0.15) is 12.1 Å². The number of carbonyl (C=O) groups is 3. The summed E-state index contributed by atoms with van der Waals surface area (Å²) in [5.74, 6) is -0.690. The van der Waals surface area contributed by atoms with E-state index in [2.05, 4.69) is 10.6 Å².